The molecule has 0 rings (SSSR count). The number of ketones is 1. The summed E-state index contributed by atoms with van der Waals surface area (Å²) < 4.78 is 5.07. The zero-order chi connectivity index (χ0) is 20.1. The predicted octanol–water partition coefficient (Wildman–Crippen LogP) is -1.14. The van der Waals surface area contributed by atoms with Crippen molar-refractivity contribution in [3.05, 3.63) is 0 Å². The van der Waals surface area contributed by atoms with Crippen LogP contribution in [0, 0.1) is 5.53 Å². The molecule has 0 aromatic rings. The molecular weight excluding hydrogens is 344 g/mol. The van der Waals surface area contributed by atoms with Crippen molar-refractivity contribution in [3.8, 4) is 0 Å². The Labute approximate surface area is 151 Å². The van der Waals surface area contributed by atoms with Gasteiger partial charge in [-0.2, -0.15) is 0 Å². The second-order valence-electron chi connectivity index (χ2n) is 5.85. The van der Waals surface area contributed by atoms with Crippen molar-refractivity contribution < 1.29 is 28.7 Å². The van der Waals surface area contributed by atoms with E-state index in [0.29, 0.717) is 6.42 Å². The summed E-state index contributed by atoms with van der Waals surface area (Å²) >= 11 is 0. The number of Topliss-reactive ketones (excluding diaryl/α,β-unsaturated/α-hetero) is 1. The van der Waals surface area contributed by atoms with Crippen molar-refractivity contribution >= 4 is 29.9 Å². The summed E-state index contributed by atoms with van der Waals surface area (Å²) in [5, 5.41) is 4.85. The summed E-state index contributed by atoms with van der Waals surface area (Å²) in [6.07, 6.45) is 1.04. The highest BCUT2D eigenvalue weighted by molar-refractivity contribution is 6.25. The Bertz CT molecular complexity index is 559. The molecule has 0 aromatic carbocycles. The Morgan fingerprint density at radius 3 is 2.42 bits per heavy atom. The molecule has 0 bridgehead atoms. The van der Waals surface area contributed by atoms with E-state index in [9.17, 15) is 19.2 Å². The van der Waals surface area contributed by atoms with Crippen LogP contribution in [0.2, 0.25) is 0 Å². The van der Waals surface area contributed by atoms with Gasteiger partial charge in [0.05, 0.1) is 22.5 Å². The molecule has 0 aliphatic rings. The van der Waals surface area contributed by atoms with E-state index in [4.69, 9.17) is 21.7 Å². The number of urea groups is 1. The molecule has 0 heterocycles. The second kappa shape index (κ2) is 12.6. The van der Waals surface area contributed by atoms with E-state index in [1.807, 2.05) is 0 Å². The molecule has 26 heavy (non-hydrogen) atoms. The Balaban J connectivity index is 4.68. The van der Waals surface area contributed by atoms with E-state index in [0.717, 1.165) is 6.21 Å². The first-order valence-corrected chi connectivity index (χ1v) is 8.19. The van der Waals surface area contributed by atoms with Crippen molar-refractivity contribution in [3.63, 3.8) is 0 Å². The predicted molar refractivity (Wildman–Crippen MR) is 91.2 cm³/mol. The molecule has 11 nitrogen and oxygen atoms in total. The maximum Gasteiger partial charge on any atom is 0.372 e. The molecule has 146 valence electrons. The fourth-order valence-corrected chi connectivity index (χ4v) is 1.93. The number of hydrogen-bond acceptors (Lipinski definition) is 7. The van der Waals surface area contributed by atoms with Crippen LogP contribution in [0.1, 0.15) is 39.5 Å². The van der Waals surface area contributed by atoms with Gasteiger partial charge in [0.15, 0.2) is 0 Å². The number of hydrogen-bond donors (Lipinski definition) is 5. The van der Waals surface area contributed by atoms with Gasteiger partial charge in [0.2, 0.25) is 11.7 Å². The molecule has 0 saturated carbocycles. The molecule has 7 N–H and O–H groups in total. The number of carbonyl (C=O) groups is 4. The summed E-state index contributed by atoms with van der Waals surface area (Å²) in [6, 6.07) is -2.60. The largest absolute Gasteiger partial charge is 0.461 e. The van der Waals surface area contributed by atoms with Crippen molar-refractivity contribution in [1.29, 1.82) is 5.53 Å². The molecule has 0 saturated heterocycles. The molecule has 2 atom stereocenters. The third kappa shape index (κ3) is 10.9. The molecule has 0 aliphatic heterocycles. The van der Waals surface area contributed by atoms with Crippen molar-refractivity contribution in [1.82, 2.24) is 10.6 Å². The summed E-state index contributed by atoms with van der Waals surface area (Å²) in [5.41, 5.74) is 17.3. The van der Waals surface area contributed by atoms with E-state index >= 15 is 0 Å². The van der Waals surface area contributed by atoms with E-state index < -0.39 is 35.8 Å². The van der Waals surface area contributed by atoms with Crippen LogP contribution in [0.25, 0.3) is 0 Å². The Morgan fingerprint density at radius 1 is 1.23 bits per heavy atom. The van der Waals surface area contributed by atoms with Crippen LogP contribution >= 0.6 is 0 Å². The molecule has 11 heteroatoms. The smallest absolute Gasteiger partial charge is 0.372 e. The topological polar surface area (TPSA) is 192 Å². The van der Waals surface area contributed by atoms with Crippen molar-refractivity contribution in [2.45, 2.75) is 57.7 Å². The monoisotopic (exact) mass is 371 g/mol. The van der Waals surface area contributed by atoms with Gasteiger partial charge < -0.3 is 26.8 Å². The number of ether oxygens (including phenoxy) is 1. The van der Waals surface area contributed by atoms with Gasteiger partial charge in [0, 0.05) is 13.0 Å². The molecule has 0 fully saturated rings. The molecule has 0 spiro atoms. The minimum Gasteiger partial charge on any atom is -0.461 e. The lowest BCUT2D eigenvalue weighted by Gasteiger charge is -2.20. The summed E-state index contributed by atoms with van der Waals surface area (Å²) in [5.74, 6) is -1.69. The molecular formula is C15H27N6O5+. The van der Waals surface area contributed by atoms with Crippen LogP contribution < -0.4 is 22.1 Å². The lowest BCUT2D eigenvalue weighted by Crippen LogP contribution is -2.49. The molecule has 3 amide bonds. The number of esters is 1. The van der Waals surface area contributed by atoms with E-state index in [-0.39, 0.29) is 31.9 Å². The number of carbonyl (C=O) groups excluding carboxylic acids is 4. The first kappa shape index (κ1) is 23.2. The van der Waals surface area contributed by atoms with Crippen LogP contribution in [0.5, 0.6) is 0 Å². The second-order valence-corrected chi connectivity index (χ2v) is 5.85. The van der Waals surface area contributed by atoms with Crippen LogP contribution in [-0.2, 0) is 19.1 Å². The maximum atomic E-state index is 12.1. The number of rotatable bonds is 12. The number of nitrogens with two attached hydrogens (primary N) is 2. The highest BCUT2D eigenvalue weighted by atomic mass is 16.5. The average Bonchev–Trinajstić information content (AvgIpc) is 2.54. The minimum atomic E-state index is -1.04. The normalized spacial score (nSPS) is 12.5. The van der Waals surface area contributed by atoms with Gasteiger partial charge in [-0.05, 0) is 33.1 Å². The SMILES string of the molecule is CC(C)OC(=O)[C@H](CCC(=O)C=[N+]=N)NC(=O)[C@@H](N)CCCNC(N)=O. The zero-order valence-electron chi connectivity index (χ0n) is 15.0. The van der Waals surface area contributed by atoms with Crippen molar-refractivity contribution in [2.75, 3.05) is 6.54 Å². The van der Waals surface area contributed by atoms with E-state index in [1.165, 1.54) is 0 Å². The van der Waals surface area contributed by atoms with Gasteiger partial charge in [-0.1, -0.05) is 0 Å². The number of primary amides is 1. The lowest BCUT2D eigenvalue weighted by atomic mass is 10.1. The highest BCUT2D eigenvalue weighted by Crippen LogP contribution is 2.05. The summed E-state index contributed by atoms with van der Waals surface area (Å²) in [6.45, 7) is 3.59. The van der Waals surface area contributed by atoms with Crippen LogP contribution in [0.3, 0.4) is 0 Å². The number of nitrogens with one attached hydrogen (secondary N) is 3. The van der Waals surface area contributed by atoms with Gasteiger partial charge in [-0.25, -0.2) is 9.59 Å². The van der Waals surface area contributed by atoms with Crippen LogP contribution in [0.4, 0.5) is 4.79 Å². The number of amides is 3. The van der Waals surface area contributed by atoms with Crippen LogP contribution in [0.15, 0.2) is 0 Å². The zero-order valence-corrected chi connectivity index (χ0v) is 15.0. The summed E-state index contributed by atoms with van der Waals surface area (Å²) in [4.78, 5) is 49.1. The van der Waals surface area contributed by atoms with Gasteiger partial charge in [-0.3, -0.25) is 9.59 Å². The molecule has 0 aromatic heterocycles. The highest BCUT2D eigenvalue weighted by Gasteiger charge is 2.26. The minimum absolute atomic E-state index is 0.00189. The quantitative estimate of drug-likeness (QED) is 0.0945. The number of nitrogens with zero attached hydrogens (tertiary/aromatic N) is 1. The van der Waals surface area contributed by atoms with E-state index in [2.05, 4.69) is 15.4 Å². The fourth-order valence-electron chi connectivity index (χ4n) is 1.93. The first-order valence-electron chi connectivity index (χ1n) is 8.19. The van der Waals surface area contributed by atoms with Gasteiger partial charge >= 0.3 is 18.2 Å². The third-order valence-electron chi connectivity index (χ3n) is 3.17. The molecule has 0 unspecified atom stereocenters. The Morgan fingerprint density at radius 2 is 1.88 bits per heavy atom. The van der Waals surface area contributed by atoms with Gasteiger partial charge in [-0.15, -0.1) is 0 Å². The van der Waals surface area contributed by atoms with Gasteiger partial charge in [0.25, 0.3) is 0 Å². The third-order valence-corrected chi connectivity index (χ3v) is 3.17. The first-order chi connectivity index (χ1) is 12.2. The Hall–Kier alpha value is -2.78. The van der Waals surface area contributed by atoms with E-state index in [1.54, 1.807) is 13.8 Å². The Kier molecular flexibility index (Phi) is 11.2. The lowest BCUT2D eigenvalue weighted by molar-refractivity contribution is -0.152. The standard InChI is InChI=1S/C15H26N6O5/c1-9(2)26-14(24)12(6-5-10(22)8-20-18)21-13(23)11(16)4-3-7-19-15(17)25/h8-9,11-12,18H,3-7,16H2,1-2H3,(H3-,17,19,21,23,25)/p+1/t11-,12-/m0/s1. The fraction of sp³-hybridized carbons (Fsp3) is 0.667. The molecule has 0 aliphatic carbocycles. The van der Waals surface area contributed by atoms with Gasteiger partial charge in [0.1, 0.15) is 6.04 Å². The average molecular weight is 371 g/mol. The maximum absolute atomic E-state index is 12.1. The van der Waals surface area contributed by atoms with Crippen molar-refractivity contribution in [2.24, 2.45) is 11.5 Å². The molecule has 0 radical (unpaired) electrons. The summed E-state index contributed by atoms with van der Waals surface area (Å²) in [7, 11) is 0. The van der Waals surface area contributed by atoms with Crippen LogP contribution in [-0.4, -0.2) is 59.4 Å².